The number of nitrogens with one attached hydrogen (secondary N) is 1. The number of hydrogen-bond acceptors (Lipinski definition) is 5. The molecule has 2 N–H and O–H groups in total. The Morgan fingerprint density at radius 1 is 1.35 bits per heavy atom. The number of carboxylic acid groups (broad SMARTS) is 1. The lowest BCUT2D eigenvalue weighted by Gasteiger charge is -2.25. The van der Waals surface area contributed by atoms with Gasteiger partial charge >= 0.3 is 12.1 Å². The Kier molecular flexibility index (Phi) is 7.47. The van der Waals surface area contributed by atoms with Crippen molar-refractivity contribution < 1.29 is 19.4 Å². The molecule has 1 rings (SSSR count). The fourth-order valence-corrected chi connectivity index (χ4v) is 2.44. The zero-order valence-corrected chi connectivity index (χ0v) is 14.1. The first kappa shape index (κ1) is 18.9. The van der Waals surface area contributed by atoms with E-state index < -0.39 is 12.1 Å². The number of anilines is 1. The van der Waals surface area contributed by atoms with Crippen LogP contribution in [0, 0.1) is 0 Å². The molecule has 7 heteroatoms. The molecule has 1 aromatic heterocycles. The smallest absolute Gasteiger partial charge is 0.409 e. The van der Waals surface area contributed by atoms with Gasteiger partial charge in [0.1, 0.15) is 0 Å². The van der Waals surface area contributed by atoms with Crippen molar-refractivity contribution in [2.24, 2.45) is 0 Å². The van der Waals surface area contributed by atoms with Crippen LogP contribution in [-0.2, 0) is 4.74 Å². The number of rotatable bonds is 8. The normalized spacial score (nSPS) is 12.0. The summed E-state index contributed by atoms with van der Waals surface area (Å²) in [5.74, 6) is -0.458. The van der Waals surface area contributed by atoms with Crippen molar-refractivity contribution in [1.29, 1.82) is 0 Å². The molecule has 0 aliphatic heterocycles. The molecule has 0 aliphatic rings. The minimum absolute atomic E-state index is 0.0312. The number of likely N-dealkylation sites (N-methyl/N-ethyl adjacent to an activating group) is 1. The largest absolute Gasteiger partial charge is 0.465 e. The third-order valence-electron chi connectivity index (χ3n) is 3.87. The van der Waals surface area contributed by atoms with Crippen molar-refractivity contribution in [3.05, 3.63) is 23.5 Å². The third-order valence-corrected chi connectivity index (χ3v) is 3.87. The van der Waals surface area contributed by atoms with Crippen molar-refractivity contribution in [2.45, 2.75) is 33.1 Å². The zero-order valence-electron chi connectivity index (χ0n) is 14.1. The Hall–Kier alpha value is -2.15. The van der Waals surface area contributed by atoms with E-state index in [0.29, 0.717) is 0 Å². The molecular formula is C16H25N3O4. The summed E-state index contributed by atoms with van der Waals surface area (Å²) >= 11 is 0. The number of carbonyl (C=O) groups excluding carboxylic acids is 1. The molecular weight excluding hydrogens is 298 g/mol. The monoisotopic (exact) mass is 323 g/mol. The number of methoxy groups -OCH3 is 1. The molecule has 128 valence electrons. The number of nitrogens with zero attached hydrogens (tertiary/aromatic N) is 2. The second-order valence-electron chi connectivity index (χ2n) is 5.18. The van der Waals surface area contributed by atoms with Gasteiger partial charge < -0.3 is 14.7 Å². The Balaban J connectivity index is 3.15. The topological polar surface area (TPSA) is 91.8 Å². The van der Waals surface area contributed by atoms with Crippen LogP contribution in [0.15, 0.2) is 12.3 Å². The van der Waals surface area contributed by atoms with Gasteiger partial charge in [-0.3, -0.25) is 5.32 Å². The number of hydrogen-bond donors (Lipinski definition) is 2. The van der Waals surface area contributed by atoms with E-state index in [1.54, 1.807) is 12.3 Å². The Morgan fingerprint density at radius 2 is 2.00 bits per heavy atom. The van der Waals surface area contributed by atoms with Gasteiger partial charge in [0.25, 0.3) is 0 Å². The molecule has 23 heavy (non-hydrogen) atoms. The number of amides is 1. The van der Waals surface area contributed by atoms with Gasteiger partial charge in [-0.1, -0.05) is 20.8 Å². The van der Waals surface area contributed by atoms with Gasteiger partial charge in [-0.25, -0.2) is 14.6 Å². The van der Waals surface area contributed by atoms with Crippen molar-refractivity contribution >= 4 is 17.7 Å². The highest BCUT2D eigenvalue weighted by atomic mass is 16.5. The summed E-state index contributed by atoms with van der Waals surface area (Å²) in [6.45, 7) is 9.03. The van der Waals surface area contributed by atoms with Gasteiger partial charge in [0.2, 0.25) is 0 Å². The summed E-state index contributed by atoms with van der Waals surface area (Å²) in [7, 11) is 1.23. The second kappa shape index (κ2) is 9.09. The van der Waals surface area contributed by atoms with Gasteiger partial charge in [0, 0.05) is 12.7 Å². The number of pyridine rings is 1. The lowest BCUT2D eigenvalue weighted by atomic mass is 9.96. The Labute approximate surface area is 136 Å². The number of esters is 1. The van der Waals surface area contributed by atoms with Gasteiger partial charge in [-0.2, -0.15) is 0 Å². The van der Waals surface area contributed by atoms with E-state index in [-0.39, 0.29) is 17.3 Å². The maximum Gasteiger partial charge on any atom is 0.409 e. The number of carbonyl (C=O) groups is 2. The van der Waals surface area contributed by atoms with E-state index in [4.69, 9.17) is 5.11 Å². The molecule has 0 fully saturated rings. The minimum atomic E-state index is -1.24. The average molecular weight is 323 g/mol. The minimum Gasteiger partial charge on any atom is -0.465 e. The fraction of sp³-hybridized carbons (Fsp3) is 0.562. The molecule has 0 saturated heterocycles. The van der Waals surface area contributed by atoms with Crippen LogP contribution in [0.25, 0.3) is 0 Å². The summed E-state index contributed by atoms with van der Waals surface area (Å²) in [6.07, 6.45) is 1.27. The molecule has 1 atom stereocenters. The fourth-order valence-electron chi connectivity index (χ4n) is 2.44. The van der Waals surface area contributed by atoms with Crippen LogP contribution in [0.5, 0.6) is 0 Å². The number of aromatic nitrogens is 1. The van der Waals surface area contributed by atoms with E-state index in [9.17, 15) is 9.59 Å². The summed E-state index contributed by atoms with van der Waals surface area (Å²) in [4.78, 5) is 29.1. The van der Waals surface area contributed by atoms with Gasteiger partial charge in [-0.05, 0) is 37.1 Å². The highest BCUT2D eigenvalue weighted by Crippen LogP contribution is 2.25. The average Bonchev–Trinajstić information content (AvgIpc) is 2.55. The lowest BCUT2D eigenvalue weighted by molar-refractivity contribution is 0.0595. The van der Waals surface area contributed by atoms with Gasteiger partial charge in [0.15, 0.2) is 5.69 Å². The molecule has 0 saturated carbocycles. The summed E-state index contributed by atoms with van der Waals surface area (Å²) in [5.41, 5.74) is 1.02. The van der Waals surface area contributed by atoms with Crippen LogP contribution >= 0.6 is 0 Å². The molecule has 1 unspecified atom stereocenters. The van der Waals surface area contributed by atoms with Crippen LogP contribution in [0.1, 0.15) is 49.2 Å². The van der Waals surface area contributed by atoms with Crippen molar-refractivity contribution in [3.8, 4) is 0 Å². The van der Waals surface area contributed by atoms with Crippen molar-refractivity contribution in [3.63, 3.8) is 0 Å². The van der Waals surface area contributed by atoms with Crippen LogP contribution < -0.4 is 5.32 Å². The second-order valence-corrected chi connectivity index (χ2v) is 5.18. The summed E-state index contributed by atoms with van der Waals surface area (Å²) in [5, 5.41) is 11.2. The first-order valence-corrected chi connectivity index (χ1v) is 7.77. The van der Waals surface area contributed by atoms with Crippen LogP contribution in [0.4, 0.5) is 10.5 Å². The van der Waals surface area contributed by atoms with E-state index in [1.807, 2.05) is 0 Å². The van der Waals surface area contributed by atoms with Crippen LogP contribution in [0.2, 0.25) is 0 Å². The number of ether oxygens (including phenoxy) is 1. The van der Waals surface area contributed by atoms with E-state index in [0.717, 1.165) is 31.6 Å². The standard InChI is InChI=1S/C16H25N3O4/c1-5-11(10-19(6-2)7-3)12-8-13(18-16(21)22)14(17-9-12)15(20)23-4/h8-9,11,18H,5-7,10H2,1-4H3,(H,21,22). The predicted octanol–water partition coefficient (Wildman–Crippen LogP) is 2.79. The molecule has 7 nitrogen and oxygen atoms in total. The molecule has 0 aromatic carbocycles. The van der Waals surface area contributed by atoms with Crippen LogP contribution in [-0.4, -0.2) is 53.8 Å². The third kappa shape index (κ3) is 5.21. The first-order chi connectivity index (χ1) is 11.0. The molecule has 0 bridgehead atoms. The van der Waals surface area contributed by atoms with Gasteiger partial charge in [0.05, 0.1) is 12.8 Å². The molecule has 0 aliphatic carbocycles. The maximum atomic E-state index is 11.7. The van der Waals surface area contributed by atoms with Crippen LogP contribution in [0.3, 0.4) is 0 Å². The van der Waals surface area contributed by atoms with Crippen molar-refractivity contribution in [2.75, 3.05) is 32.1 Å². The van der Waals surface area contributed by atoms with E-state index in [2.05, 4.69) is 40.7 Å². The molecule has 1 amide bonds. The first-order valence-electron chi connectivity index (χ1n) is 7.77. The molecule has 1 heterocycles. The quantitative estimate of drug-likeness (QED) is 0.715. The highest BCUT2D eigenvalue weighted by molar-refractivity contribution is 5.97. The lowest BCUT2D eigenvalue weighted by Crippen LogP contribution is -2.28. The molecule has 0 spiro atoms. The zero-order chi connectivity index (χ0) is 17.4. The Morgan fingerprint density at radius 3 is 2.48 bits per heavy atom. The maximum absolute atomic E-state index is 11.7. The summed E-state index contributed by atoms with van der Waals surface area (Å²) in [6, 6.07) is 1.67. The van der Waals surface area contributed by atoms with E-state index >= 15 is 0 Å². The van der Waals surface area contributed by atoms with E-state index in [1.165, 1.54) is 7.11 Å². The molecule has 0 radical (unpaired) electrons. The highest BCUT2D eigenvalue weighted by Gasteiger charge is 2.20. The summed E-state index contributed by atoms with van der Waals surface area (Å²) < 4.78 is 4.64. The molecule has 1 aromatic rings. The van der Waals surface area contributed by atoms with Crippen molar-refractivity contribution in [1.82, 2.24) is 9.88 Å². The van der Waals surface area contributed by atoms with Gasteiger partial charge in [-0.15, -0.1) is 0 Å². The predicted molar refractivity (Wildman–Crippen MR) is 88.0 cm³/mol. The SMILES string of the molecule is CCC(CN(CC)CC)c1cnc(C(=O)OC)c(NC(=O)O)c1. The Bertz CT molecular complexity index is 544.